The number of rotatable bonds is 5. The summed E-state index contributed by atoms with van der Waals surface area (Å²) in [5.74, 6) is 1.78. The first-order valence-electron chi connectivity index (χ1n) is 9.24. The zero-order valence-corrected chi connectivity index (χ0v) is 15.3. The largest absolute Gasteiger partial charge is 0.424 e. The number of nitrogens with one attached hydrogen (secondary N) is 1. The molecule has 2 aromatic heterocycles. The summed E-state index contributed by atoms with van der Waals surface area (Å²) in [6.45, 7) is 2.16. The molecule has 0 bridgehead atoms. The Hall–Kier alpha value is -3.67. The molecule has 0 amide bonds. The van der Waals surface area contributed by atoms with E-state index in [0.717, 1.165) is 23.1 Å². The van der Waals surface area contributed by atoms with Crippen LogP contribution in [0.5, 0.6) is 23.5 Å². The second-order valence-corrected chi connectivity index (χ2v) is 6.58. The summed E-state index contributed by atoms with van der Waals surface area (Å²) in [6.07, 6.45) is 8.62. The molecular weight excluding hydrogens is 352 g/mol. The number of hydrogen-bond donors (Lipinski definition) is 1. The van der Waals surface area contributed by atoms with Crippen LogP contribution in [-0.2, 0) is 0 Å². The molecule has 28 heavy (non-hydrogen) atoms. The van der Waals surface area contributed by atoms with Crippen LogP contribution in [0.2, 0.25) is 0 Å². The third-order valence-corrected chi connectivity index (χ3v) is 4.90. The Balaban J connectivity index is 1.43. The van der Waals surface area contributed by atoms with Crippen molar-refractivity contribution in [3.05, 3.63) is 72.2 Å². The van der Waals surface area contributed by atoms with Crippen molar-refractivity contribution < 1.29 is 9.47 Å². The summed E-state index contributed by atoms with van der Waals surface area (Å²) in [4.78, 5) is 15.8. The Labute approximate surface area is 161 Å². The maximum absolute atomic E-state index is 6.02. The van der Waals surface area contributed by atoms with Crippen molar-refractivity contribution in [1.82, 2.24) is 19.9 Å². The van der Waals surface area contributed by atoms with Crippen LogP contribution < -0.4 is 9.47 Å². The highest BCUT2D eigenvalue weighted by atomic mass is 16.5. The van der Waals surface area contributed by atoms with Crippen LogP contribution >= 0.6 is 0 Å². The molecule has 1 unspecified atom stereocenters. The van der Waals surface area contributed by atoms with Gasteiger partial charge in [-0.3, -0.25) is 0 Å². The van der Waals surface area contributed by atoms with E-state index in [9.17, 15) is 0 Å². The SMILES string of the molecule is CCC1C=Cc2cccc(Oc3ncnc(Oc4cccc5[nH]ccc45)n3)c21. The van der Waals surface area contributed by atoms with E-state index in [1.165, 1.54) is 17.5 Å². The van der Waals surface area contributed by atoms with Crippen molar-refractivity contribution in [3.8, 4) is 23.5 Å². The lowest BCUT2D eigenvalue weighted by Crippen LogP contribution is -2.00. The summed E-state index contributed by atoms with van der Waals surface area (Å²) in [5.41, 5.74) is 3.33. The first kappa shape index (κ1) is 16.5. The molecule has 138 valence electrons. The fourth-order valence-corrected chi connectivity index (χ4v) is 3.56. The molecule has 5 rings (SSSR count). The Morgan fingerprint density at radius 1 is 0.964 bits per heavy atom. The van der Waals surface area contributed by atoms with Crippen LogP contribution in [-0.4, -0.2) is 19.9 Å². The molecule has 2 heterocycles. The number of ether oxygens (including phenoxy) is 2. The summed E-state index contributed by atoms with van der Waals surface area (Å²) in [6, 6.07) is 14.1. The molecule has 0 saturated carbocycles. The minimum absolute atomic E-state index is 0.191. The number of H-pyrrole nitrogens is 1. The maximum atomic E-state index is 6.02. The second-order valence-electron chi connectivity index (χ2n) is 6.58. The van der Waals surface area contributed by atoms with Gasteiger partial charge in [0.15, 0.2) is 0 Å². The van der Waals surface area contributed by atoms with Crippen LogP contribution in [0.3, 0.4) is 0 Å². The monoisotopic (exact) mass is 370 g/mol. The molecule has 1 atom stereocenters. The number of nitrogens with zero attached hydrogens (tertiary/aromatic N) is 3. The molecule has 2 aromatic carbocycles. The third-order valence-electron chi connectivity index (χ3n) is 4.90. The molecule has 0 spiro atoms. The van der Waals surface area contributed by atoms with Crippen molar-refractivity contribution >= 4 is 17.0 Å². The number of aromatic amines is 1. The average molecular weight is 370 g/mol. The van der Waals surface area contributed by atoms with Crippen LogP contribution in [0.25, 0.3) is 17.0 Å². The van der Waals surface area contributed by atoms with Crippen LogP contribution in [0, 0.1) is 0 Å². The molecule has 0 aliphatic heterocycles. The van der Waals surface area contributed by atoms with E-state index in [-0.39, 0.29) is 12.0 Å². The maximum Gasteiger partial charge on any atom is 0.328 e. The van der Waals surface area contributed by atoms with Gasteiger partial charge < -0.3 is 14.5 Å². The van der Waals surface area contributed by atoms with Crippen molar-refractivity contribution in [2.24, 2.45) is 0 Å². The summed E-state index contributed by atoms with van der Waals surface area (Å²) in [7, 11) is 0. The molecular formula is C22H18N4O2. The minimum atomic E-state index is 0.191. The third kappa shape index (κ3) is 2.89. The molecule has 0 radical (unpaired) electrons. The molecule has 1 N–H and O–H groups in total. The number of hydrogen-bond acceptors (Lipinski definition) is 5. The number of fused-ring (bicyclic) bond motifs is 2. The van der Waals surface area contributed by atoms with Gasteiger partial charge in [-0.05, 0) is 36.2 Å². The van der Waals surface area contributed by atoms with Crippen molar-refractivity contribution in [1.29, 1.82) is 0 Å². The van der Waals surface area contributed by atoms with E-state index in [2.05, 4.69) is 45.1 Å². The quantitative estimate of drug-likeness (QED) is 0.505. The highest BCUT2D eigenvalue weighted by Gasteiger charge is 2.21. The molecule has 6 heteroatoms. The van der Waals surface area contributed by atoms with E-state index in [1.54, 1.807) is 0 Å². The average Bonchev–Trinajstić information content (AvgIpc) is 3.36. The summed E-state index contributed by atoms with van der Waals surface area (Å²) >= 11 is 0. The van der Waals surface area contributed by atoms with E-state index < -0.39 is 0 Å². The lowest BCUT2D eigenvalue weighted by atomic mass is 9.97. The first-order valence-corrected chi connectivity index (χ1v) is 9.24. The van der Waals surface area contributed by atoms with Gasteiger partial charge in [-0.2, -0.15) is 9.97 Å². The standard InChI is InChI=1S/C22H18N4O2/c1-2-14-9-10-15-5-3-8-19(20(14)15)28-22-25-13-24-21(26-22)27-18-7-4-6-17-16(18)11-12-23-17/h3-14,23H,2H2,1H3. The van der Waals surface area contributed by atoms with E-state index in [1.807, 2.05) is 42.6 Å². The van der Waals surface area contributed by atoms with Crippen molar-refractivity contribution in [3.63, 3.8) is 0 Å². The van der Waals surface area contributed by atoms with Gasteiger partial charge in [-0.15, -0.1) is 4.98 Å². The smallest absolute Gasteiger partial charge is 0.328 e. The van der Waals surface area contributed by atoms with Crippen LogP contribution in [0.15, 0.2) is 61.1 Å². The normalized spacial score (nSPS) is 15.0. The van der Waals surface area contributed by atoms with Gasteiger partial charge in [-0.25, -0.2) is 0 Å². The first-order chi connectivity index (χ1) is 13.8. The Bertz CT molecular complexity index is 1180. The second kappa shape index (κ2) is 6.81. The van der Waals surface area contributed by atoms with Gasteiger partial charge in [-0.1, -0.05) is 37.3 Å². The Morgan fingerprint density at radius 3 is 2.61 bits per heavy atom. The van der Waals surface area contributed by atoms with E-state index >= 15 is 0 Å². The predicted molar refractivity (Wildman–Crippen MR) is 107 cm³/mol. The summed E-state index contributed by atoms with van der Waals surface area (Å²) in [5, 5.41) is 0.961. The summed E-state index contributed by atoms with van der Waals surface area (Å²) < 4.78 is 11.9. The molecule has 4 aromatic rings. The number of aromatic nitrogens is 4. The van der Waals surface area contributed by atoms with Gasteiger partial charge in [0, 0.05) is 28.6 Å². The molecule has 6 nitrogen and oxygen atoms in total. The van der Waals surface area contributed by atoms with Crippen LogP contribution in [0.4, 0.5) is 0 Å². The zero-order chi connectivity index (χ0) is 18.9. The fraction of sp³-hybridized carbons (Fsp3) is 0.136. The highest BCUT2D eigenvalue weighted by Crippen LogP contribution is 2.40. The lowest BCUT2D eigenvalue weighted by Gasteiger charge is -2.14. The van der Waals surface area contributed by atoms with E-state index in [0.29, 0.717) is 11.7 Å². The Kier molecular flexibility index (Phi) is 4.01. The van der Waals surface area contributed by atoms with Crippen LogP contribution in [0.1, 0.15) is 30.4 Å². The Morgan fingerprint density at radius 2 is 1.75 bits per heavy atom. The molecule has 1 aliphatic carbocycles. The lowest BCUT2D eigenvalue weighted by molar-refractivity contribution is 0.396. The van der Waals surface area contributed by atoms with Gasteiger partial charge in [0.25, 0.3) is 0 Å². The molecule has 0 saturated heterocycles. The topological polar surface area (TPSA) is 72.9 Å². The predicted octanol–water partition coefficient (Wildman–Crippen LogP) is 5.46. The molecule has 0 fully saturated rings. The van der Waals surface area contributed by atoms with Gasteiger partial charge >= 0.3 is 12.0 Å². The van der Waals surface area contributed by atoms with E-state index in [4.69, 9.17) is 9.47 Å². The van der Waals surface area contributed by atoms with Gasteiger partial charge in [0.05, 0.1) is 0 Å². The highest BCUT2D eigenvalue weighted by molar-refractivity contribution is 5.85. The van der Waals surface area contributed by atoms with Gasteiger partial charge in [0.2, 0.25) is 0 Å². The van der Waals surface area contributed by atoms with Gasteiger partial charge in [0.1, 0.15) is 17.8 Å². The number of allylic oxidation sites excluding steroid dienone is 1. The van der Waals surface area contributed by atoms with Crippen molar-refractivity contribution in [2.75, 3.05) is 0 Å². The van der Waals surface area contributed by atoms with Crippen molar-refractivity contribution in [2.45, 2.75) is 19.3 Å². The zero-order valence-electron chi connectivity index (χ0n) is 15.3. The molecule has 1 aliphatic rings. The fourth-order valence-electron chi connectivity index (χ4n) is 3.56. The minimum Gasteiger partial charge on any atom is -0.424 e. The number of benzene rings is 2.